The van der Waals surface area contributed by atoms with E-state index in [-0.39, 0.29) is 12.0 Å². The first kappa shape index (κ1) is 15.1. The van der Waals surface area contributed by atoms with E-state index in [9.17, 15) is 4.79 Å². The molecule has 124 valence electrons. The molecule has 0 saturated carbocycles. The smallest absolute Gasteiger partial charge is 0.264 e. The quantitative estimate of drug-likeness (QED) is 0.863. The Morgan fingerprint density at radius 3 is 2.71 bits per heavy atom. The molecule has 24 heavy (non-hydrogen) atoms. The van der Waals surface area contributed by atoms with Crippen LogP contribution in [0.15, 0.2) is 48.8 Å². The summed E-state index contributed by atoms with van der Waals surface area (Å²) in [5, 5.41) is 0. The van der Waals surface area contributed by atoms with Crippen molar-refractivity contribution >= 4 is 5.91 Å². The Morgan fingerprint density at radius 2 is 1.96 bits per heavy atom. The second kappa shape index (κ2) is 6.61. The first-order valence-electron chi connectivity index (χ1n) is 8.44. The lowest BCUT2D eigenvalue weighted by atomic mass is 10.1. The van der Waals surface area contributed by atoms with Crippen LogP contribution in [0, 0.1) is 0 Å². The predicted molar refractivity (Wildman–Crippen MR) is 90.7 cm³/mol. The molecule has 0 bridgehead atoms. The lowest BCUT2D eigenvalue weighted by molar-refractivity contribution is -0.139. The second-order valence-corrected chi connectivity index (χ2v) is 6.38. The molecule has 5 nitrogen and oxygen atoms in total. The summed E-state index contributed by atoms with van der Waals surface area (Å²) in [6.07, 6.45) is 4.03. The highest BCUT2D eigenvalue weighted by Gasteiger charge is 2.33. The molecule has 0 spiro atoms. The molecule has 1 saturated heterocycles. The van der Waals surface area contributed by atoms with E-state index in [0.29, 0.717) is 6.42 Å². The largest absolute Gasteiger partial charge is 0.480 e. The van der Waals surface area contributed by atoms with Crippen molar-refractivity contribution < 1.29 is 9.53 Å². The number of nitrogens with zero attached hydrogens (tertiary/aromatic N) is 3. The topological polar surface area (TPSA) is 45.7 Å². The third-order valence-corrected chi connectivity index (χ3v) is 4.74. The Bertz CT molecular complexity index is 687. The molecule has 3 heterocycles. The third-order valence-electron chi connectivity index (χ3n) is 4.74. The van der Waals surface area contributed by atoms with Crippen LogP contribution in [0.5, 0.6) is 5.75 Å². The van der Waals surface area contributed by atoms with Crippen LogP contribution in [0.2, 0.25) is 0 Å². The number of carbonyl (C=O) groups is 1. The Hall–Kier alpha value is -2.40. The molecule has 0 unspecified atom stereocenters. The molecule has 2 aliphatic heterocycles. The van der Waals surface area contributed by atoms with E-state index in [1.165, 1.54) is 5.56 Å². The number of ether oxygens (including phenoxy) is 1. The van der Waals surface area contributed by atoms with Gasteiger partial charge in [0, 0.05) is 51.5 Å². The van der Waals surface area contributed by atoms with Gasteiger partial charge in [-0.15, -0.1) is 0 Å². The summed E-state index contributed by atoms with van der Waals surface area (Å²) in [5.74, 6) is 0.971. The fraction of sp³-hybridized carbons (Fsp3) is 0.368. The van der Waals surface area contributed by atoms with E-state index in [1.54, 1.807) is 6.20 Å². The minimum absolute atomic E-state index is 0.118. The molecule has 1 amide bonds. The number of aromatic nitrogens is 1. The Balaban J connectivity index is 1.31. The number of hydrogen-bond acceptors (Lipinski definition) is 4. The molecule has 1 fully saturated rings. The lowest BCUT2D eigenvalue weighted by Crippen LogP contribution is -2.51. The number of hydrogen-bond donors (Lipinski definition) is 0. The molecule has 0 radical (unpaired) electrons. The van der Waals surface area contributed by atoms with Gasteiger partial charge in [0.1, 0.15) is 5.75 Å². The summed E-state index contributed by atoms with van der Waals surface area (Å²) in [6.45, 7) is 4.19. The van der Waals surface area contributed by atoms with Crippen molar-refractivity contribution in [2.75, 3.05) is 26.2 Å². The van der Waals surface area contributed by atoms with Gasteiger partial charge in [-0.25, -0.2) is 0 Å². The van der Waals surface area contributed by atoms with Gasteiger partial charge in [0.15, 0.2) is 6.10 Å². The van der Waals surface area contributed by atoms with Crippen molar-refractivity contribution in [1.82, 2.24) is 14.8 Å². The number of amides is 1. The number of para-hydroxylation sites is 1. The predicted octanol–water partition coefficient (Wildman–Crippen LogP) is 1.73. The van der Waals surface area contributed by atoms with Crippen LogP contribution in [0.4, 0.5) is 0 Å². The normalized spacial score (nSPS) is 20.5. The van der Waals surface area contributed by atoms with Crippen LogP contribution in [0.3, 0.4) is 0 Å². The van der Waals surface area contributed by atoms with Crippen molar-refractivity contribution in [3.63, 3.8) is 0 Å². The minimum Gasteiger partial charge on any atom is -0.480 e. The maximum atomic E-state index is 12.7. The van der Waals surface area contributed by atoms with Crippen LogP contribution in [0.25, 0.3) is 0 Å². The van der Waals surface area contributed by atoms with Gasteiger partial charge >= 0.3 is 0 Å². The SMILES string of the molecule is O=C([C@H]1Cc2ccccc2O1)N1CCN(Cc2cccnc2)CC1. The summed E-state index contributed by atoms with van der Waals surface area (Å²) in [7, 11) is 0. The Labute approximate surface area is 141 Å². The fourth-order valence-electron chi connectivity index (χ4n) is 3.40. The molecular weight excluding hydrogens is 302 g/mol. The molecule has 1 atom stereocenters. The highest BCUT2D eigenvalue weighted by molar-refractivity contribution is 5.82. The van der Waals surface area contributed by atoms with Gasteiger partial charge in [0.05, 0.1) is 0 Å². The van der Waals surface area contributed by atoms with Gasteiger partial charge < -0.3 is 9.64 Å². The molecule has 5 heteroatoms. The number of pyridine rings is 1. The number of benzene rings is 1. The van der Waals surface area contributed by atoms with Crippen molar-refractivity contribution in [3.8, 4) is 5.75 Å². The van der Waals surface area contributed by atoms with Gasteiger partial charge in [0.2, 0.25) is 0 Å². The van der Waals surface area contributed by atoms with E-state index in [1.807, 2.05) is 41.4 Å². The van der Waals surface area contributed by atoms with E-state index in [2.05, 4.69) is 16.0 Å². The zero-order chi connectivity index (χ0) is 16.4. The van der Waals surface area contributed by atoms with Crippen LogP contribution < -0.4 is 4.74 Å². The summed E-state index contributed by atoms with van der Waals surface area (Å²) in [4.78, 5) is 21.2. The molecule has 2 aromatic rings. The summed E-state index contributed by atoms with van der Waals surface area (Å²) in [5.41, 5.74) is 2.35. The van der Waals surface area contributed by atoms with Crippen molar-refractivity contribution in [1.29, 1.82) is 0 Å². The third kappa shape index (κ3) is 3.12. The number of carbonyl (C=O) groups excluding carboxylic acids is 1. The van der Waals surface area contributed by atoms with Crippen molar-refractivity contribution in [2.45, 2.75) is 19.1 Å². The molecule has 2 aliphatic rings. The minimum atomic E-state index is -0.354. The van der Waals surface area contributed by atoms with E-state index in [0.717, 1.165) is 44.0 Å². The molecule has 0 aliphatic carbocycles. The fourth-order valence-corrected chi connectivity index (χ4v) is 3.40. The molecular formula is C19H21N3O2. The molecule has 1 aromatic carbocycles. The zero-order valence-electron chi connectivity index (χ0n) is 13.6. The Morgan fingerprint density at radius 1 is 1.12 bits per heavy atom. The lowest BCUT2D eigenvalue weighted by Gasteiger charge is -2.35. The van der Waals surface area contributed by atoms with Gasteiger partial charge in [-0.2, -0.15) is 0 Å². The van der Waals surface area contributed by atoms with Crippen LogP contribution in [0.1, 0.15) is 11.1 Å². The average molecular weight is 323 g/mol. The van der Waals surface area contributed by atoms with Gasteiger partial charge in [-0.05, 0) is 23.3 Å². The number of fused-ring (bicyclic) bond motifs is 1. The molecule has 4 rings (SSSR count). The van der Waals surface area contributed by atoms with Crippen molar-refractivity contribution in [2.24, 2.45) is 0 Å². The van der Waals surface area contributed by atoms with E-state index in [4.69, 9.17) is 4.74 Å². The zero-order valence-corrected chi connectivity index (χ0v) is 13.6. The number of rotatable bonds is 3. The van der Waals surface area contributed by atoms with Gasteiger partial charge in [-0.1, -0.05) is 24.3 Å². The van der Waals surface area contributed by atoms with Crippen LogP contribution in [-0.4, -0.2) is 53.0 Å². The summed E-state index contributed by atoms with van der Waals surface area (Å²) in [6, 6.07) is 12.0. The summed E-state index contributed by atoms with van der Waals surface area (Å²) < 4.78 is 5.83. The van der Waals surface area contributed by atoms with Crippen LogP contribution >= 0.6 is 0 Å². The van der Waals surface area contributed by atoms with Crippen molar-refractivity contribution in [3.05, 3.63) is 59.9 Å². The van der Waals surface area contributed by atoms with E-state index < -0.39 is 0 Å². The Kier molecular flexibility index (Phi) is 4.17. The second-order valence-electron chi connectivity index (χ2n) is 6.38. The maximum absolute atomic E-state index is 12.7. The number of piperazine rings is 1. The monoisotopic (exact) mass is 323 g/mol. The molecule has 0 N–H and O–H groups in total. The maximum Gasteiger partial charge on any atom is 0.264 e. The first-order valence-corrected chi connectivity index (χ1v) is 8.44. The first-order chi connectivity index (χ1) is 11.8. The highest BCUT2D eigenvalue weighted by atomic mass is 16.5. The molecule has 1 aromatic heterocycles. The standard InChI is InChI=1S/C19H21N3O2/c23-19(18-12-16-5-1-2-6-17(16)24-18)22-10-8-21(9-11-22)14-15-4-3-7-20-13-15/h1-7,13,18H,8-12,14H2/t18-/m1/s1. The van der Waals surface area contributed by atoms with Gasteiger partial charge in [0.25, 0.3) is 5.91 Å². The summed E-state index contributed by atoms with van der Waals surface area (Å²) >= 11 is 0. The van der Waals surface area contributed by atoms with Gasteiger partial charge in [-0.3, -0.25) is 14.7 Å². The van der Waals surface area contributed by atoms with E-state index >= 15 is 0 Å². The highest BCUT2D eigenvalue weighted by Crippen LogP contribution is 2.29. The average Bonchev–Trinajstić information content (AvgIpc) is 3.07. The van der Waals surface area contributed by atoms with Crippen LogP contribution in [-0.2, 0) is 17.8 Å².